The highest BCUT2D eigenvalue weighted by atomic mass is 16.6. The quantitative estimate of drug-likeness (QED) is 0.689. The predicted octanol–water partition coefficient (Wildman–Crippen LogP) is 1.50. The van der Waals surface area contributed by atoms with Crippen molar-refractivity contribution in [1.82, 2.24) is 5.32 Å². The van der Waals surface area contributed by atoms with Gasteiger partial charge in [0.1, 0.15) is 11.6 Å². The van der Waals surface area contributed by atoms with E-state index in [1.807, 2.05) is 0 Å². The number of aliphatic hydroxyl groups is 1. The summed E-state index contributed by atoms with van der Waals surface area (Å²) in [5, 5.41) is 11.4. The Morgan fingerprint density at radius 3 is 2.32 bits per heavy atom. The monoisotopic (exact) mass is 277 g/mol. The van der Waals surface area contributed by atoms with Crippen LogP contribution in [0.15, 0.2) is 0 Å². The lowest BCUT2D eigenvalue weighted by Gasteiger charge is -2.22. The van der Waals surface area contributed by atoms with Crippen molar-refractivity contribution >= 4 is 11.9 Å². The third-order valence-corrected chi connectivity index (χ3v) is 2.03. The number of carbonyl (C=O) groups excluding carboxylic acids is 2. The maximum atomic E-state index is 11.7. The highest BCUT2D eigenvalue weighted by Crippen LogP contribution is 2.07. The number of ether oxygens (including phenoxy) is 2. The third-order valence-electron chi connectivity index (χ3n) is 2.03. The van der Waals surface area contributed by atoms with Crippen LogP contribution in [-0.4, -0.2) is 48.9 Å². The van der Waals surface area contributed by atoms with E-state index in [0.717, 1.165) is 0 Å². The Hall–Kier alpha value is -1.14. The van der Waals surface area contributed by atoms with Crippen LogP contribution in [-0.2, 0) is 14.3 Å². The molecule has 0 spiro atoms. The van der Waals surface area contributed by atoms with Crippen molar-refractivity contribution in [1.29, 1.82) is 0 Å². The molecule has 1 amide bonds. The average molecular weight is 277 g/mol. The van der Waals surface area contributed by atoms with Gasteiger partial charge in [-0.2, -0.15) is 0 Å². The molecular weight excluding hydrogens is 250 g/mol. The van der Waals surface area contributed by atoms with Crippen LogP contribution in [0.25, 0.3) is 0 Å². The Morgan fingerprint density at radius 1 is 1.32 bits per heavy atom. The second kappa shape index (κ2) is 9.75. The molecule has 19 heavy (non-hydrogen) atoms. The molecule has 114 valence electrons. The summed E-state index contributed by atoms with van der Waals surface area (Å²) in [5.74, 6) is -0.236. The van der Waals surface area contributed by atoms with E-state index < -0.39 is 24.3 Å². The normalized spacial score (nSPS) is 12.3. The van der Waals surface area contributed by atoms with Crippen LogP contribution >= 0.6 is 0 Å². The number of amides is 1. The second-order valence-electron chi connectivity index (χ2n) is 4.94. The van der Waals surface area contributed by atoms with Gasteiger partial charge in [-0.05, 0) is 27.2 Å². The Morgan fingerprint density at radius 2 is 1.89 bits per heavy atom. The molecule has 0 rings (SSSR count). The third kappa shape index (κ3) is 10.5. The fourth-order valence-electron chi connectivity index (χ4n) is 1.24. The van der Waals surface area contributed by atoms with Gasteiger partial charge in [0.25, 0.3) is 0 Å². The zero-order valence-corrected chi connectivity index (χ0v) is 11.5. The number of ketones is 1. The summed E-state index contributed by atoms with van der Waals surface area (Å²) in [6.45, 7) is 5.20. The first kappa shape index (κ1) is 20.2. The Balaban J connectivity index is 0. The molecule has 0 aliphatic carbocycles. The molecule has 0 aromatic rings. The van der Waals surface area contributed by atoms with Gasteiger partial charge in [0, 0.05) is 20.1 Å². The highest BCUT2D eigenvalue weighted by molar-refractivity contribution is 5.87. The lowest BCUT2D eigenvalue weighted by molar-refractivity contribution is -0.122. The number of rotatable bonds is 7. The summed E-state index contributed by atoms with van der Waals surface area (Å²) >= 11 is 0. The standard InChI is InChI=1S/C12H23NO5.CH4/c1-12(2,3)18-11(16)13-9(8-14)10(15)6-5-7-17-4;/h9,14H,5-8H2,1-4H3,(H,13,16);1H4. The molecule has 0 radical (unpaired) electrons. The second-order valence-corrected chi connectivity index (χ2v) is 4.94. The first-order valence-corrected chi connectivity index (χ1v) is 5.92. The molecule has 0 saturated carbocycles. The van der Waals surface area contributed by atoms with Crippen molar-refractivity contribution in [3.05, 3.63) is 0 Å². The van der Waals surface area contributed by atoms with Crippen molar-refractivity contribution in [3.8, 4) is 0 Å². The topological polar surface area (TPSA) is 84.9 Å². The van der Waals surface area contributed by atoms with Crippen molar-refractivity contribution in [2.45, 2.75) is 52.7 Å². The van der Waals surface area contributed by atoms with Crippen molar-refractivity contribution in [2.75, 3.05) is 20.3 Å². The largest absolute Gasteiger partial charge is 0.444 e. The number of hydrogen-bond acceptors (Lipinski definition) is 5. The molecule has 0 saturated heterocycles. The van der Waals surface area contributed by atoms with Crippen LogP contribution in [0.3, 0.4) is 0 Å². The molecule has 0 aliphatic heterocycles. The summed E-state index contributed by atoms with van der Waals surface area (Å²) < 4.78 is 9.83. The molecule has 6 nitrogen and oxygen atoms in total. The lowest BCUT2D eigenvalue weighted by atomic mass is 10.1. The number of carbonyl (C=O) groups is 2. The molecule has 0 aliphatic rings. The van der Waals surface area contributed by atoms with Crippen LogP contribution in [0, 0.1) is 0 Å². The van der Waals surface area contributed by atoms with E-state index in [9.17, 15) is 9.59 Å². The van der Waals surface area contributed by atoms with Gasteiger partial charge >= 0.3 is 6.09 Å². The number of alkyl carbamates (subject to hydrolysis) is 1. The molecule has 0 aromatic carbocycles. The van der Waals surface area contributed by atoms with Crippen molar-refractivity contribution in [3.63, 3.8) is 0 Å². The van der Waals surface area contributed by atoms with E-state index in [4.69, 9.17) is 14.6 Å². The minimum Gasteiger partial charge on any atom is -0.444 e. The molecule has 0 bridgehead atoms. The van der Waals surface area contributed by atoms with E-state index >= 15 is 0 Å². The van der Waals surface area contributed by atoms with E-state index in [1.54, 1.807) is 27.9 Å². The fourth-order valence-corrected chi connectivity index (χ4v) is 1.24. The van der Waals surface area contributed by atoms with Gasteiger partial charge < -0.3 is 19.9 Å². The molecule has 0 heterocycles. The highest BCUT2D eigenvalue weighted by Gasteiger charge is 2.23. The molecule has 2 N–H and O–H groups in total. The van der Waals surface area contributed by atoms with E-state index in [-0.39, 0.29) is 19.6 Å². The zero-order chi connectivity index (χ0) is 14.2. The van der Waals surface area contributed by atoms with Gasteiger partial charge in [0.2, 0.25) is 0 Å². The van der Waals surface area contributed by atoms with Gasteiger partial charge in [-0.3, -0.25) is 4.79 Å². The first-order valence-electron chi connectivity index (χ1n) is 5.92. The Labute approximate surface area is 115 Å². The predicted molar refractivity (Wildman–Crippen MR) is 73.1 cm³/mol. The molecular formula is C13H27NO5. The summed E-state index contributed by atoms with van der Waals surface area (Å²) in [7, 11) is 1.55. The molecule has 6 heteroatoms. The van der Waals surface area contributed by atoms with Crippen LogP contribution in [0.5, 0.6) is 0 Å². The van der Waals surface area contributed by atoms with Gasteiger partial charge in [0.15, 0.2) is 5.78 Å². The summed E-state index contributed by atoms with van der Waals surface area (Å²) in [6, 6.07) is -0.920. The van der Waals surface area contributed by atoms with Gasteiger partial charge in [-0.15, -0.1) is 0 Å². The molecule has 1 unspecified atom stereocenters. The SMILES string of the molecule is C.COCCCC(=O)C(CO)NC(=O)OC(C)(C)C. The Bertz CT molecular complexity index is 273. The Kier molecular flexibility index (Phi) is 10.4. The lowest BCUT2D eigenvalue weighted by Crippen LogP contribution is -2.45. The summed E-state index contributed by atoms with van der Waals surface area (Å²) in [5.41, 5.74) is -0.636. The van der Waals surface area contributed by atoms with E-state index in [0.29, 0.717) is 13.0 Å². The van der Waals surface area contributed by atoms with Crippen LogP contribution < -0.4 is 5.32 Å². The zero-order valence-electron chi connectivity index (χ0n) is 11.5. The van der Waals surface area contributed by atoms with E-state index in [2.05, 4.69) is 5.32 Å². The summed E-state index contributed by atoms with van der Waals surface area (Å²) in [6.07, 6.45) is 0.0955. The van der Waals surface area contributed by atoms with Crippen LogP contribution in [0.1, 0.15) is 41.0 Å². The number of aliphatic hydroxyl groups excluding tert-OH is 1. The number of hydrogen-bond donors (Lipinski definition) is 2. The van der Waals surface area contributed by atoms with Gasteiger partial charge in [-0.1, -0.05) is 7.43 Å². The number of Topliss-reactive ketones (excluding diaryl/α,β-unsaturated/α-hetero) is 1. The minimum absolute atomic E-state index is 0. The smallest absolute Gasteiger partial charge is 0.408 e. The maximum absolute atomic E-state index is 11.7. The van der Waals surface area contributed by atoms with Crippen molar-refractivity contribution < 1.29 is 24.2 Å². The fraction of sp³-hybridized carbons (Fsp3) is 0.846. The minimum atomic E-state index is -0.920. The van der Waals surface area contributed by atoms with Crippen LogP contribution in [0.2, 0.25) is 0 Å². The van der Waals surface area contributed by atoms with Gasteiger partial charge in [0.05, 0.1) is 6.61 Å². The maximum Gasteiger partial charge on any atom is 0.408 e. The molecule has 1 atom stereocenters. The molecule has 0 fully saturated rings. The average Bonchev–Trinajstić information content (AvgIpc) is 2.23. The van der Waals surface area contributed by atoms with Crippen LogP contribution in [0.4, 0.5) is 4.79 Å². The number of nitrogens with one attached hydrogen (secondary N) is 1. The first-order chi connectivity index (χ1) is 8.30. The van der Waals surface area contributed by atoms with E-state index in [1.165, 1.54) is 0 Å². The molecule has 0 aromatic heterocycles. The number of methoxy groups -OCH3 is 1. The summed E-state index contributed by atoms with van der Waals surface area (Å²) in [4.78, 5) is 23.1. The van der Waals surface area contributed by atoms with Gasteiger partial charge in [-0.25, -0.2) is 4.79 Å². The van der Waals surface area contributed by atoms with Crippen molar-refractivity contribution in [2.24, 2.45) is 0 Å².